The van der Waals surface area contributed by atoms with Crippen LogP contribution in [0, 0.1) is 13.8 Å². The second-order valence-corrected chi connectivity index (χ2v) is 6.08. The van der Waals surface area contributed by atoms with Gasteiger partial charge in [0.1, 0.15) is 5.69 Å². The Hall–Kier alpha value is -4.14. The number of nitrogens with one attached hydrogen (secondary N) is 3. The fourth-order valence-electron chi connectivity index (χ4n) is 2.66. The van der Waals surface area contributed by atoms with Crippen molar-refractivity contribution in [3.8, 4) is 0 Å². The fraction of sp³-hybridized carbons (Fsp3) is 0.100. The number of carbonyl (C=O) groups is 2. The predicted octanol–water partition coefficient (Wildman–Crippen LogP) is 1.95. The monoisotopic (exact) mass is 389 g/mol. The first kappa shape index (κ1) is 19.6. The van der Waals surface area contributed by atoms with E-state index in [2.05, 4.69) is 36.0 Å². The Labute approximate surface area is 167 Å². The van der Waals surface area contributed by atoms with Gasteiger partial charge < -0.3 is 4.98 Å². The van der Waals surface area contributed by atoms with E-state index >= 15 is 0 Å². The molecule has 3 aromatic rings. The largest absolute Gasteiger partial charge is 0.354 e. The maximum absolute atomic E-state index is 12.5. The molecule has 3 rings (SSSR count). The standard InChI is InChI=1S/C20H19N7O2/c1-13-17(19(28)26-23-11-15-3-7-21-8-4-15)14(2)25-18(13)20(29)27-24-12-16-5-9-22-10-6-16/h3-12,25H,1-2H3,(H,26,28)(H,27,29)/b23-11+,24-12+. The van der Waals surface area contributed by atoms with Crippen LogP contribution in [0.3, 0.4) is 0 Å². The molecule has 0 aliphatic rings. The molecule has 9 nitrogen and oxygen atoms in total. The van der Waals surface area contributed by atoms with E-state index in [-0.39, 0.29) is 5.69 Å². The molecule has 3 heterocycles. The number of hydrazone groups is 2. The average molecular weight is 389 g/mol. The normalized spacial score (nSPS) is 11.1. The molecule has 29 heavy (non-hydrogen) atoms. The summed E-state index contributed by atoms with van der Waals surface area (Å²) in [5, 5.41) is 7.87. The number of H-pyrrole nitrogens is 1. The van der Waals surface area contributed by atoms with E-state index < -0.39 is 11.8 Å². The number of aromatic amines is 1. The van der Waals surface area contributed by atoms with Crippen LogP contribution in [0.2, 0.25) is 0 Å². The highest BCUT2D eigenvalue weighted by Crippen LogP contribution is 2.17. The molecule has 3 aromatic heterocycles. The van der Waals surface area contributed by atoms with E-state index in [1.165, 1.54) is 12.4 Å². The molecule has 0 bridgehead atoms. The van der Waals surface area contributed by atoms with Crippen LogP contribution in [-0.4, -0.2) is 39.2 Å². The summed E-state index contributed by atoms with van der Waals surface area (Å²) in [6.45, 7) is 3.40. The minimum atomic E-state index is -0.449. The van der Waals surface area contributed by atoms with E-state index in [0.717, 1.165) is 11.1 Å². The topological polar surface area (TPSA) is 124 Å². The third kappa shape index (κ3) is 4.98. The van der Waals surface area contributed by atoms with Crippen LogP contribution in [0.25, 0.3) is 0 Å². The predicted molar refractivity (Wildman–Crippen MR) is 109 cm³/mol. The first-order chi connectivity index (χ1) is 14.1. The highest BCUT2D eigenvalue weighted by molar-refractivity contribution is 6.03. The molecule has 0 aliphatic heterocycles. The molecule has 0 saturated heterocycles. The smallest absolute Gasteiger partial charge is 0.288 e. The molecule has 2 amide bonds. The van der Waals surface area contributed by atoms with Gasteiger partial charge in [0.25, 0.3) is 11.8 Å². The van der Waals surface area contributed by atoms with Gasteiger partial charge in [0.2, 0.25) is 0 Å². The van der Waals surface area contributed by atoms with Crippen molar-refractivity contribution in [1.82, 2.24) is 25.8 Å². The SMILES string of the molecule is Cc1[nH]c(C(=O)N/N=C/c2ccncc2)c(C)c1C(=O)N/N=C/c1ccncc1. The summed E-state index contributed by atoms with van der Waals surface area (Å²) >= 11 is 0. The number of rotatable bonds is 6. The van der Waals surface area contributed by atoms with Gasteiger partial charge in [-0.2, -0.15) is 10.2 Å². The molecule has 146 valence electrons. The molecule has 9 heteroatoms. The molecule has 0 saturated carbocycles. The van der Waals surface area contributed by atoms with Crippen molar-refractivity contribution in [2.24, 2.45) is 10.2 Å². The van der Waals surface area contributed by atoms with Gasteiger partial charge >= 0.3 is 0 Å². The summed E-state index contributed by atoms with van der Waals surface area (Å²) in [6, 6.07) is 7.04. The highest BCUT2D eigenvalue weighted by Gasteiger charge is 2.21. The maximum Gasteiger partial charge on any atom is 0.288 e. The van der Waals surface area contributed by atoms with Gasteiger partial charge in [-0.25, -0.2) is 10.9 Å². The second-order valence-electron chi connectivity index (χ2n) is 6.08. The number of nitrogens with zero attached hydrogens (tertiary/aromatic N) is 4. The van der Waals surface area contributed by atoms with Crippen molar-refractivity contribution in [2.45, 2.75) is 13.8 Å². The van der Waals surface area contributed by atoms with Crippen LogP contribution >= 0.6 is 0 Å². The van der Waals surface area contributed by atoms with Gasteiger partial charge in [0.05, 0.1) is 18.0 Å². The highest BCUT2D eigenvalue weighted by atomic mass is 16.2. The molecule has 3 N–H and O–H groups in total. The van der Waals surface area contributed by atoms with Gasteiger partial charge in [-0.15, -0.1) is 0 Å². The summed E-state index contributed by atoms with van der Waals surface area (Å²) in [5.41, 5.74) is 8.20. The van der Waals surface area contributed by atoms with E-state index in [0.29, 0.717) is 16.8 Å². The molecular weight excluding hydrogens is 370 g/mol. The summed E-state index contributed by atoms with van der Waals surface area (Å²) in [5.74, 6) is -0.865. The van der Waals surface area contributed by atoms with Crippen LogP contribution < -0.4 is 10.9 Å². The molecule has 0 spiro atoms. The van der Waals surface area contributed by atoms with Crippen LogP contribution in [-0.2, 0) is 0 Å². The van der Waals surface area contributed by atoms with E-state index in [1.54, 1.807) is 62.9 Å². The Bertz CT molecular complexity index is 1060. The zero-order valence-electron chi connectivity index (χ0n) is 15.9. The number of carbonyl (C=O) groups excluding carboxylic acids is 2. The molecule has 0 atom stereocenters. The first-order valence-corrected chi connectivity index (χ1v) is 8.72. The Morgan fingerprint density at radius 3 is 1.86 bits per heavy atom. The van der Waals surface area contributed by atoms with E-state index in [4.69, 9.17) is 0 Å². The average Bonchev–Trinajstić information content (AvgIpc) is 3.03. The molecule has 0 fully saturated rings. The molecule has 0 unspecified atom stereocenters. The van der Waals surface area contributed by atoms with Gasteiger partial charge in [0, 0.05) is 30.5 Å². The third-order valence-corrected chi connectivity index (χ3v) is 4.06. The minimum absolute atomic E-state index is 0.262. The second kappa shape index (κ2) is 9.18. The van der Waals surface area contributed by atoms with Crippen molar-refractivity contribution in [1.29, 1.82) is 0 Å². The summed E-state index contributed by atoms with van der Waals surface area (Å²) in [4.78, 5) is 35.7. The van der Waals surface area contributed by atoms with Crippen molar-refractivity contribution in [3.63, 3.8) is 0 Å². The van der Waals surface area contributed by atoms with Gasteiger partial charge in [-0.3, -0.25) is 19.6 Å². The Balaban J connectivity index is 1.67. The van der Waals surface area contributed by atoms with Gasteiger partial charge in [0.15, 0.2) is 0 Å². The van der Waals surface area contributed by atoms with E-state index in [1.807, 2.05) is 0 Å². The molecular formula is C20H19N7O2. The van der Waals surface area contributed by atoms with Crippen LogP contribution in [0.15, 0.2) is 59.3 Å². The molecule has 0 aliphatic carbocycles. The zero-order valence-corrected chi connectivity index (χ0v) is 15.9. The Morgan fingerprint density at radius 2 is 1.34 bits per heavy atom. The summed E-state index contributed by atoms with van der Waals surface area (Å²) in [6.07, 6.45) is 9.54. The van der Waals surface area contributed by atoms with Gasteiger partial charge in [-0.05, 0) is 54.8 Å². The first-order valence-electron chi connectivity index (χ1n) is 8.72. The lowest BCUT2D eigenvalue weighted by atomic mass is 10.1. The molecule has 0 radical (unpaired) electrons. The van der Waals surface area contributed by atoms with Crippen LogP contribution in [0.1, 0.15) is 43.2 Å². The summed E-state index contributed by atoms with van der Waals surface area (Å²) < 4.78 is 0. The lowest BCUT2D eigenvalue weighted by molar-refractivity contribution is 0.0948. The Morgan fingerprint density at radius 1 is 0.862 bits per heavy atom. The van der Waals surface area contributed by atoms with Crippen LogP contribution in [0.5, 0.6) is 0 Å². The summed E-state index contributed by atoms with van der Waals surface area (Å²) in [7, 11) is 0. The number of pyridine rings is 2. The van der Waals surface area contributed by atoms with Crippen molar-refractivity contribution in [2.75, 3.05) is 0 Å². The number of hydrogen-bond acceptors (Lipinski definition) is 6. The fourth-order valence-corrected chi connectivity index (χ4v) is 2.66. The van der Waals surface area contributed by atoms with Gasteiger partial charge in [-0.1, -0.05) is 0 Å². The van der Waals surface area contributed by atoms with Crippen molar-refractivity contribution in [3.05, 3.63) is 82.7 Å². The lowest BCUT2D eigenvalue weighted by Crippen LogP contribution is -2.21. The van der Waals surface area contributed by atoms with E-state index in [9.17, 15) is 9.59 Å². The third-order valence-electron chi connectivity index (χ3n) is 4.06. The molecule has 0 aromatic carbocycles. The maximum atomic E-state index is 12.5. The van der Waals surface area contributed by atoms with Crippen molar-refractivity contribution >= 4 is 24.2 Å². The Kier molecular flexibility index (Phi) is 6.21. The van der Waals surface area contributed by atoms with Crippen molar-refractivity contribution < 1.29 is 9.59 Å². The minimum Gasteiger partial charge on any atom is -0.354 e. The van der Waals surface area contributed by atoms with Crippen LogP contribution in [0.4, 0.5) is 0 Å². The number of amides is 2. The lowest BCUT2D eigenvalue weighted by Gasteiger charge is -2.02. The zero-order chi connectivity index (χ0) is 20.6. The number of aryl methyl sites for hydroxylation is 1. The number of aromatic nitrogens is 3. The number of hydrogen-bond donors (Lipinski definition) is 3. The quantitative estimate of drug-likeness (QED) is 0.440.